The van der Waals surface area contributed by atoms with Crippen molar-refractivity contribution < 1.29 is 4.92 Å². The van der Waals surface area contributed by atoms with Crippen LogP contribution in [-0.4, -0.2) is 4.92 Å². The Morgan fingerprint density at radius 2 is 1.55 bits per heavy atom. The summed E-state index contributed by atoms with van der Waals surface area (Å²) in [5.41, 5.74) is 8.29. The lowest BCUT2D eigenvalue weighted by molar-refractivity contribution is -0.384. The van der Waals surface area contributed by atoms with Gasteiger partial charge in [-0.2, -0.15) is 0 Å². The smallest absolute Gasteiger partial charge is 0.270 e. The third-order valence-corrected chi connectivity index (χ3v) is 2.68. The summed E-state index contributed by atoms with van der Waals surface area (Å²) in [7, 11) is 0. The third kappa shape index (κ3) is 3.81. The van der Waals surface area contributed by atoms with Gasteiger partial charge < -0.3 is 5.73 Å². The zero-order chi connectivity index (χ0) is 14.4. The molecule has 0 fully saturated rings. The fraction of sp³-hybridized carbons (Fsp3) is 0. The van der Waals surface area contributed by atoms with Gasteiger partial charge in [0, 0.05) is 17.8 Å². The second-order valence-corrected chi connectivity index (χ2v) is 4.24. The molecule has 0 radical (unpaired) electrons. The molecule has 0 unspecified atom stereocenters. The van der Waals surface area contributed by atoms with Crippen LogP contribution in [0.1, 0.15) is 11.1 Å². The minimum absolute atomic E-state index is 0.0898. The molecule has 2 N–H and O–H groups in total. The highest BCUT2D eigenvalue weighted by atomic mass is 16.6. The fourth-order valence-corrected chi connectivity index (χ4v) is 1.74. The predicted molar refractivity (Wildman–Crippen MR) is 82.0 cm³/mol. The van der Waals surface area contributed by atoms with Crippen molar-refractivity contribution in [3.63, 3.8) is 0 Å². The van der Waals surface area contributed by atoms with Gasteiger partial charge in [0.25, 0.3) is 5.69 Å². The SMILES string of the molecule is Nc1cccc(/C=C/C=C/c2cccc([N+](=O)[O-])c2)c1. The maximum Gasteiger partial charge on any atom is 0.270 e. The van der Waals surface area contributed by atoms with E-state index in [0.29, 0.717) is 0 Å². The number of non-ortho nitro benzene ring substituents is 1. The van der Waals surface area contributed by atoms with E-state index in [1.54, 1.807) is 6.07 Å². The minimum Gasteiger partial charge on any atom is -0.399 e. The zero-order valence-electron chi connectivity index (χ0n) is 10.8. The van der Waals surface area contributed by atoms with Crippen LogP contribution >= 0.6 is 0 Å². The first-order valence-corrected chi connectivity index (χ1v) is 6.10. The monoisotopic (exact) mass is 266 g/mol. The topological polar surface area (TPSA) is 69.2 Å². The summed E-state index contributed by atoms with van der Waals surface area (Å²) in [4.78, 5) is 10.3. The maximum atomic E-state index is 10.7. The number of nitrogens with two attached hydrogens (primary N) is 1. The summed E-state index contributed by atoms with van der Waals surface area (Å²) >= 11 is 0. The number of nitro benzene ring substituents is 1. The standard InChI is InChI=1S/C16H14N2O2/c17-15-9-3-7-13(11-15)5-1-2-6-14-8-4-10-16(12-14)18(19)20/h1-12H,17H2/b5-1+,6-2+. The molecule has 2 aromatic rings. The molecule has 100 valence electrons. The van der Waals surface area contributed by atoms with Crippen LogP contribution in [0.15, 0.2) is 60.7 Å². The van der Waals surface area contributed by atoms with Crippen molar-refractivity contribution in [3.8, 4) is 0 Å². The van der Waals surface area contributed by atoms with Gasteiger partial charge in [-0.3, -0.25) is 10.1 Å². The lowest BCUT2D eigenvalue weighted by Crippen LogP contribution is -1.87. The first-order chi connectivity index (χ1) is 9.65. The van der Waals surface area contributed by atoms with E-state index >= 15 is 0 Å². The van der Waals surface area contributed by atoms with Crippen LogP contribution in [0.3, 0.4) is 0 Å². The Morgan fingerprint density at radius 3 is 2.15 bits per heavy atom. The highest BCUT2D eigenvalue weighted by Crippen LogP contribution is 2.14. The summed E-state index contributed by atoms with van der Waals surface area (Å²) in [6.45, 7) is 0. The molecule has 0 saturated heterocycles. The Kier molecular flexibility index (Phi) is 4.29. The molecule has 0 aliphatic rings. The van der Waals surface area contributed by atoms with E-state index in [1.807, 2.05) is 54.6 Å². The van der Waals surface area contributed by atoms with Crippen molar-refractivity contribution in [2.45, 2.75) is 0 Å². The summed E-state index contributed by atoms with van der Waals surface area (Å²) in [6, 6.07) is 14.0. The zero-order valence-corrected chi connectivity index (χ0v) is 10.8. The molecular formula is C16H14N2O2. The number of nitrogen functional groups attached to an aromatic ring is 1. The number of nitro groups is 1. The van der Waals surface area contributed by atoms with Gasteiger partial charge in [-0.25, -0.2) is 0 Å². The molecule has 0 saturated carbocycles. The van der Waals surface area contributed by atoms with Gasteiger partial charge >= 0.3 is 0 Å². The van der Waals surface area contributed by atoms with Crippen molar-refractivity contribution in [1.82, 2.24) is 0 Å². The molecule has 0 aliphatic carbocycles. The number of hydrogen-bond acceptors (Lipinski definition) is 3. The Labute approximate surface area is 117 Å². The summed E-state index contributed by atoms with van der Waals surface area (Å²) < 4.78 is 0. The van der Waals surface area contributed by atoms with E-state index in [9.17, 15) is 10.1 Å². The first kappa shape index (κ1) is 13.5. The number of anilines is 1. The van der Waals surface area contributed by atoms with Gasteiger partial charge in [-0.1, -0.05) is 48.6 Å². The molecular weight excluding hydrogens is 252 g/mol. The van der Waals surface area contributed by atoms with E-state index < -0.39 is 4.92 Å². The molecule has 20 heavy (non-hydrogen) atoms. The average molecular weight is 266 g/mol. The Morgan fingerprint density at radius 1 is 0.950 bits per heavy atom. The summed E-state index contributed by atoms with van der Waals surface area (Å²) in [5, 5.41) is 10.7. The van der Waals surface area contributed by atoms with Gasteiger partial charge in [0.05, 0.1) is 4.92 Å². The highest BCUT2D eigenvalue weighted by Gasteiger charge is 2.02. The second kappa shape index (κ2) is 6.33. The largest absolute Gasteiger partial charge is 0.399 e. The Hall–Kier alpha value is -2.88. The van der Waals surface area contributed by atoms with Crippen molar-refractivity contribution in [2.24, 2.45) is 0 Å². The van der Waals surface area contributed by atoms with Crippen molar-refractivity contribution in [1.29, 1.82) is 0 Å². The average Bonchev–Trinajstić information content (AvgIpc) is 2.44. The van der Waals surface area contributed by atoms with Gasteiger partial charge in [-0.15, -0.1) is 0 Å². The van der Waals surface area contributed by atoms with E-state index in [1.165, 1.54) is 12.1 Å². The molecule has 2 aromatic carbocycles. The third-order valence-electron chi connectivity index (χ3n) is 2.68. The first-order valence-electron chi connectivity index (χ1n) is 6.10. The molecule has 4 nitrogen and oxygen atoms in total. The predicted octanol–water partition coefficient (Wildman–Crippen LogP) is 3.90. The molecule has 0 bridgehead atoms. The van der Waals surface area contributed by atoms with E-state index in [-0.39, 0.29) is 5.69 Å². The van der Waals surface area contributed by atoms with Crippen LogP contribution in [0.2, 0.25) is 0 Å². The molecule has 0 aliphatic heterocycles. The highest BCUT2D eigenvalue weighted by molar-refractivity contribution is 5.60. The summed E-state index contributed by atoms with van der Waals surface area (Å²) in [6.07, 6.45) is 7.44. The second-order valence-electron chi connectivity index (χ2n) is 4.24. The Balaban J connectivity index is 2.06. The molecule has 0 amide bonds. The maximum absolute atomic E-state index is 10.7. The van der Waals surface area contributed by atoms with Gasteiger partial charge in [0.15, 0.2) is 0 Å². The molecule has 0 aromatic heterocycles. The van der Waals surface area contributed by atoms with E-state index in [2.05, 4.69) is 0 Å². The van der Waals surface area contributed by atoms with Crippen molar-refractivity contribution >= 4 is 23.5 Å². The van der Waals surface area contributed by atoms with Gasteiger partial charge in [-0.05, 0) is 23.3 Å². The van der Waals surface area contributed by atoms with Crippen LogP contribution in [0, 0.1) is 10.1 Å². The molecule has 0 spiro atoms. The normalized spacial score (nSPS) is 11.2. The van der Waals surface area contributed by atoms with Gasteiger partial charge in [0.1, 0.15) is 0 Å². The number of nitrogens with zero attached hydrogens (tertiary/aromatic N) is 1. The lowest BCUT2D eigenvalue weighted by Gasteiger charge is -1.95. The number of rotatable bonds is 4. The van der Waals surface area contributed by atoms with Crippen molar-refractivity contribution in [3.05, 3.63) is 81.9 Å². The van der Waals surface area contributed by atoms with Crippen LogP contribution < -0.4 is 5.73 Å². The quantitative estimate of drug-likeness (QED) is 0.395. The lowest BCUT2D eigenvalue weighted by atomic mass is 10.1. The van der Waals surface area contributed by atoms with Crippen LogP contribution in [-0.2, 0) is 0 Å². The van der Waals surface area contributed by atoms with Crippen LogP contribution in [0.5, 0.6) is 0 Å². The molecule has 0 atom stereocenters. The molecule has 0 heterocycles. The minimum atomic E-state index is -0.403. The van der Waals surface area contributed by atoms with E-state index in [0.717, 1.165) is 16.8 Å². The number of benzene rings is 2. The van der Waals surface area contributed by atoms with Crippen LogP contribution in [0.4, 0.5) is 11.4 Å². The number of allylic oxidation sites excluding steroid dienone is 2. The Bertz CT molecular complexity index is 676. The van der Waals surface area contributed by atoms with E-state index in [4.69, 9.17) is 5.73 Å². The molecule has 4 heteroatoms. The fourth-order valence-electron chi connectivity index (χ4n) is 1.74. The number of hydrogen-bond donors (Lipinski definition) is 1. The molecule has 2 rings (SSSR count). The van der Waals surface area contributed by atoms with Crippen molar-refractivity contribution in [2.75, 3.05) is 5.73 Å². The summed E-state index contributed by atoms with van der Waals surface area (Å²) in [5.74, 6) is 0. The van der Waals surface area contributed by atoms with Gasteiger partial charge in [0.2, 0.25) is 0 Å². The van der Waals surface area contributed by atoms with Crippen LogP contribution in [0.25, 0.3) is 12.2 Å².